The minimum Gasteiger partial charge on any atom is -0.454 e. The third-order valence-electron chi connectivity index (χ3n) is 5.18. The number of carbonyl (C=O) groups excluding carboxylic acids is 1. The summed E-state index contributed by atoms with van der Waals surface area (Å²) in [7, 11) is 0. The van der Waals surface area contributed by atoms with Crippen LogP contribution in [-0.2, 0) is 4.79 Å². The van der Waals surface area contributed by atoms with Crippen molar-refractivity contribution in [2.45, 2.75) is 13.0 Å². The van der Waals surface area contributed by atoms with Gasteiger partial charge in [-0.3, -0.25) is 9.69 Å². The zero-order valence-electron chi connectivity index (χ0n) is 16.9. The molecule has 0 unspecified atom stereocenters. The number of amidine groups is 1. The van der Waals surface area contributed by atoms with Crippen molar-refractivity contribution in [3.05, 3.63) is 94.9 Å². The van der Waals surface area contributed by atoms with Crippen LogP contribution in [-0.4, -0.2) is 22.8 Å². The van der Waals surface area contributed by atoms with Gasteiger partial charge in [-0.25, -0.2) is 4.99 Å². The van der Waals surface area contributed by atoms with E-state index in [1.807, 2.05) is 91.9 Å². The minimum atomic E-state index is -0.147. The number of rotatable bonds is 4. The standard InChI is InChI=1S/C25H20N2O3S/c1-17(19-8-4-2-5-9-19)27-24(28)23(31-25(27)26-20-10-6-3-7-11-20)15-18-12-13-21-22(14-18)30-16-29-21/h2-15,17H,16H2,1H3/b23-15+,26-25?/t17-/m1/s1. The Labute approximate surface area is 185 Å². The maximum Gasteiger partial charge on any atom is 0.267 e. The Morgan fingerprint density at radius 3 is 2.45 bits per heavy atom. The van der Waals surface area contributed by atoms with E-state index < -0.39 is 0 Å². The summed E-state index contributed by atoms with van der Waals surface area (Å²) in [5.41, 5.74) is 2.75. The second-order valence-corrected chi connectivity index (χ2v) is 8.22. The molecule has 6 heteroatoms. The summed E-state index contributed by atoms with van der Waals surface area (Å²) < 4.78 is 10.9. The summed E-state index contributed by atoms with van der Waals surface area (Å²) in [6, 6.07) is 25.2. The van der Waals surface area contributed by atoms with E-state index >= 15 is 0 Å². The first-order valence-corrected chi connectivity index (χ1v) is 10.8. The molecule has 0 bridgehead atoms. The first kappa shape index (κ1) is 19.5. The van der Waals surface area contributed by atoms with Crippen LogP contribution in [0.1, 0.15) is 24.1 Å². The largest absolute Gasteiger partial charge is 0.454 e. The maximum atomic E-state index is 13.5. The molecule has 5 nitrogen and oxygen atoms in total. The topological polar surface area (TPSA) is 51.1 Å². The number of hydrogen-bond donors (Lipinski definition) is 0. The first-order valence-electron chi connectivity index (χ1n) is 10.0. The number of fused-ring (bicyclic) bond motifs is 1. The summed E-state index contributed by atoms with van der Waals surface area (Å²) in [4.78, 5) is 20.6. The maximum absolute atomic E-state index is 13.5. The van der Waals surface area contributed by atoms with E-state index in [1.165, 1.54) is 11.8 Å². The first-order chi connectivity index (χ1) is 15.2. The number of amides is 1. The van der Waals surface area contributed by atoms with Crippen molar-refractivity contribution in [2.75, 3.05) is 6.79 Å². The third-order valence-corrected chi connectivity index (χ3v) is 6.16. The molecule has 1 fully saturated rings. The molecule has 2 aliphatic rings. The Balaban J connectivity index is 1.53. The lowest BCUT2D eigenvalue weighted by Gasteiger charge is -2.24. The van der Waals surface area contributed by atoms with Gasteiger partial charge in [0.25, 0.3) is 5.91 Å². The fourth-order valence-electron chi connectivity index (χ4n) is 3.55. The normalized spacial score (nSPS) is 18.7. The van der Waals surface area contributed by atoms with Gasteiger partial charge in [0.05, 0.1) is 16.6 Å². The highest BCUT2D eigenvalue weighted by atomic mass is 32.2. The Morgan fingerprint density at radius 2 is 1.68 bits per heavy atom. The zero-order chi connectivity index (χ0) is 21.2. The van der Waals surface area contributed by atoms with Crippen LogP contribution in [0, 0.1) is 0 Å². The average Bonchev–Trinajstić information content (AvgIpc) is 3.39. The molecule has 0 spiro atoms. The van der Waals surface area contributed by atoms with Gasteiger partial charge in [0.1, 0.15) is 0 Å². The molecule has 1 atom stereocenters. The van der Waals surface area contributed by atoms with Gasteiger partial charge < -0.3 is 9.47 Å². The Hall–Kier alpha value is -3.51. The predicted molar refractivity (Wildman–Crippen MR) is 123 cm³/mol. The van der Waals surface area contributed by atoms with Crippen molar-refractivity contribution in [2.24, 2.45) is 4.99 Å². The van der Waals surface area contributed by atoms with Crippen LogP contribution in [0.4, 0.5) is 5.69 Å². The predicted octanol–water partition coefficient (Wildman–Crippen LogP) is 5.78. The molecular weight excluding hydrogens is 408 g/mol. The van der Waals surface area contributed by atoms with Gasteiger partial charge >= 0.3 is 0 Å². The van der Waals surface area contributed by atoms with Gasteiger partial charge in [0, 0.05) is 0 Å². The van der Waals surface area contributed by atoms with Crippen LogP contribution < -0.4 is 9.47 Å². The molecule has 1 saturated heterocycles. The van der Waals surface area contributed by atoms with Crippen LogP contribution in [0.25, 0.3) is 6.08 Å². The lowest BCUT2D eigenvalue weighted by Crippen LogP contribution is -2.32. The number of carbonyl (C=O) groups is 1. The van der Waals surface area contributed by atoms with Crippen molar-refractivity contribution in [1.29, 1.82) is 0 Å². The van der Waals surface area contributed by atoms with Gasteiger partial charge in [0.15, 0.2) is 16.7 Å². The fourth-order valence-corrected chi connectivity index (χ4v) is 4.62. The summed E-state index contributed by atoms with van der Waals surface area (Å²) in [5.74, 6) is 1.35. The lowest BCUT2D eigenvalue weighted by molar-refractivity contribution is -0.123. The molecule has 154 valence electrons. The molecule has 0 N–H and O–H groups in total. The van der Waals surface area contributed by atoms with Crippen molar-refractivity contribution in [3.63, 3.8) is 0 Å². The molecule has 1 amide bonds. The van der Waals surface area contributed by atoms with E-state index in [0.29, 0.717) is 15.8 Å². The van der Waals surface area contributed by atoms with Crippen LogP contribution in [0.3, 0.4) is 0 Å². The number of hydrogen-bond acceptors (Lipinski definition) is 5. The average molecular weight is 429 g/mol. The van der Waals surface area contributed by atoms with E-state index in [-0.39, 0.29) is 18.7 Å². The molecule has 0 aliphatic carbocycles. The molecule has 3 aromatic rings. The number of benzene rings is 3. The number of ether oxygens (including phenoxy) is 2. The molecule has 0 aromatic heterocycles. The Morgan fingerprint density at radius 1 is 0.968 bits per heavy atom. The molecule has 5 rings (SSSR count). The zero-order valence-corrected chi connectivity index (χ0v) is 17.7. The van der Waals surface area contributed by atoms with Gasteiger partial charge in [-0.1, -0.05) is 54.6 Å². The van der Waals surface area contributed by atoms with Crippen molar-refractivity contribution in [1.82, 2.24) is 4.90 Å². The molecule has 2 aliphatic heterocycles. The summed E-state index contributed by atoms with van der Waals surface area (Å²) >= 11 is 1.39. The number of para-hydroxylation sites is 1. The number of nitrogens with zero attached hydrogens (tertiary/aromatic N) is 2. The summed E-state index contributed by atoms with van der Waals surface area (Å²) in [5, 5.41) is 0.666. The van der Waals surface area contributed by atoms with Crippen molar-refractivity contribution < 1.29 is 14.3 Å². The third kappa shape index (κ3) is 3.94. The molecule has 0 radical (unpaired) electrons. The fraction of sp³-hybridized carbons (Fsp3) is 0.120. The van der Waals surface area contributed by atoms with E-state index in [4.69, 9.17) is 14.5 Å². The van der Waals surface area contributed by atoms with E-state index in [0.717, 1.165) is 22.6 Å². The summed E-state index contributed by atoms with van der Waals surface area (Å²) in [6.45, 7) is 2.25. The number of thioether (sulfide) groups is 1. The van der Waals surface area contributed by atoms with Crippen molar-refractivity contribution in [3.8, 4) is 11.5 Å². The van der Waals surface area contributed by atoms with Crippen LogP contribution in [0.5, 0.6) is 11.5 Å². The second-order valence-electron chi connectivity index (χ2n) is 7.22. The molecule has 3 aromatic carbocycles. The Kier molecular flexibility index (Phi) is 5.22. The quantitative estimate of drug-likeness (QED) is 0.494. The Bertz CT molecular complexity index is 1180. The minimum absolute atomic E-state index is 0.0614. The van der Waals surface area contributed by atoms with Gasteiger partial charge in [-0.15, -0.1) is 0 Å². The molecular formula is C25H20N2O3S. The summed E-state index contributed by atoms with van der Waals surface area (Å²) in [6.07, 6.45) is 1.88. The highest BCUT2D eigenvalue weighted by Crippen LogP contribution is 2.40. The highest BCUT2D eigenvalue weighted by Gasteiger charge is 2.37. The monoisotopic (exact) mass is 428 g/mol. The van der Waals surface area contributed by atoms with Crippen LogP contribution >= 0.6 is 11.8 Å². The SMILES string of the molecule is C[C@H](c1ccccc1)N1C(=O)/C(=C\c2ccc3c(c2)OCO3)SC1=Nc1ccccc1. The van der Waals surface area contributed by atoms with Crippen LogP contribution in [0.15, 0.2) is 88.8 Å². The van der Waals surface area contributed by atoms with Crippen LogP contribution in [0.2, 0.25) is 0 Å². The van der Waals surface area contributed by atoms with Gasteiger partial charge in [-0.05, 0) is 60.2 Å². The highest BCUT2D eigenvalue weighted by molar-refractivity contribution is 8.18. The second kappa shape index (κ2) is 8.32. The van der Waals surface area contributed by atoms with E-state index in [1.54, 1.807) is 4.90 Å². The van der Waals surface area contributed by atoms with E-state index in [9.17, 15) is 4.79 Å². The lowest BCUT2D eigenvalue weighted by atomic mass is 10.1. The van der Waals surface area contributed by atoms with Crippen molar-refractivity contribution >= 4 is 34.6 Å². The number of aliphatic imine (C=N–C) groups is 1. The molecule has 31 heavy (non-hydrogen) atoms. The van der Waals surface area contributed by atoms with E-state index in [2.05, 4.69) is 0 Å². The van der Waals surface area contributed by atoms with Gasteiger partial charge in [-0.2, -0.15) is 0 Å². The molecule has 2 heterocycles. The van der Waals surface area contributed by atoms with Gasteiger partial charge in [0.2, 0.25) is 6.79 Å². The smallest absolute Gasteiger partial charge is 0.267 e. The molecule has 0 saturated carbocycles.